The molecule has 0 radical (unpaired) electrons. The van der Waals surface area contributed by atoms with Crippen LogP contribution < -0.4 is 10.1 Å². The molecule has 0 saturated carbocycles. The third kappa shape index (κ3) is 6.49. The Morgan fingerprint density at radius 3 is 2.71 bits per heavy atom. The largest absolute Gasteiger partial charge is 0.489 e. The van der Waals surface area contributed by atoms with Gasteiger partial charge in [0.2, 0.25) is 0 Å². The molecule has 0 unspecified atom stereocenters. The van der Waals surface area contributed by atoms with E-state index in [-0.39, 0.29) is 5.54 Å². The summed E-state index contributed by atoms with van der Waals surface area (Å²) in [6, 6.07) is 7.82. The Bertz CT molecular complexity index is 382. The first kappa shape index (κ1) is 14.3. The summed E-state index contributed by atoms with van der Waals surface area (Å²) in [6.45, 7) is 11.7. The molecule has 0 heterocycles. The Kier molecular flexibility index (Phi) is 5.22. The van der Waals surface area contributed by atoms with E-state index in [1.807, 2.05) is 24.3 Å². The van der Waals surface area contributed by atoms with Crippen LogP contribution in [0.2, 0.25) is 0 Å². The van der Waals surface area contributed by atoms with Crippen LogP contribution in [0.25, 0.3) is 0 Å². The van der Waals surface area contributed by atoms with Gasteiger partial charge < -0.3 is 10.1 Å². The Morgan fingerprint density at radius 2 is 2.12 bits per heavy atom. The van der Waals surface area contributed by atoms with Gasteiger partial charge in [0.15, 0.2) is 0 Å². The Balaban J connectivity index is 2.33. The molecule has 0 aliphatic carbocycles. The van der Waals surface area contributed by atoms with E-state index < -0.39 is 0 Å². The summed E-state index contributed by atoms with van der Waals surface area (Å²) in [5, 5.41) is 3.38. The molecule has 0 aliphatic heterocycles. The van der Waals surface area contributed by atoms with Crippen molar-refractivity contribution in [3.63, 3.8) is 0 Å². The van der Waals surface area contributed by atoms with E-state index in [0.29, 0.717) is 6.61 Å². The summed E-state index contributed by atoms with van der Waals surface area (Å²) in [4.78, 5) is 0. The molecule has 17 heavy (non-hydrogen) atoms. The lowest BCUT2D eigenvalue weighted by molar-refractivity contribution is 0.341. The summed E-state index contributed by atoms with van der Waals surface area (Å²) in [5.41, 5.74) is 1.15. The Hall–Kier alpha value is -0.800. The molecular weight excluding hydrogens is 278 g/mol. The first-order valence-electron chi connectivity index (χ1n) is 5.67. The van der Waals surface area contributed by atoms with Crippen LogP contribution in [0.4, 0.5) is 0 Å². The van der Waals surface area contributed by atoms with E-state index in [1.54, 1.807) is 0 Å². The van der Waals surface area contributed by atoms with Crippen LogP contribution in [0.15, 0.2) is 40.9 Å². The van der Waals surface area contributed by atoms with E-state index >= 15 is 0 Å². The zero-order chi connectivity index (χ0) is 12.9. The van der Waals surface area contributed by atoms with Crippen LogP contribution in [0.5, 0.6) is 5.75 Å². The topological polar surface area (TPSA) is 21.3 Å². The van der Waals surface area contributed by atoms with Crippen LogP contribution in [0.3, 0.4) is 0 Å². The lowest BCUT2D eigenvalue weighted by atomic mass is 10.1. The van der Waals surface area contributed by atoms with Gasteiger partial charge in [-0.1, -0.05) is 28.6 Å². The van der Waals surface area contributed by atoms with Gasteiger partial charge in [0, 0.05) is 16.6 Å². The van der Waals surface area contributed by atoms with Gasteiger partial charge in [-0.05, 0) is 44.5 Å². The number of ether oxygens (including phenoxy) is 1. The molecule has 0 aromatic heterocycles. The summed E-state index contributed by atoms with van der Waals surface area (Å²) < 4.78 is 6.67. The fraction of sp³-hybridized carbons (Fsp3) is 0.429. The smallest absolute Gasteiger partial charge is 0.120 e. The van der Waals surface area contributed by atoms with Crippen molar-refractivity contribution in [3.8, 4) is 5.75 Å². The predicted molar refractivity (Wildman–Crippen MR) is 76.5 cm³/mol. The van der Waals surface area contributed by atoms with Crippen LogP contribution in [-0.2, 0) is 0 Å². The van der Waals surface area contributed by atoms with Crippen molar-refractivity contribution in [3.05, 3.63) is 40.9 Å². The highest BCUT2D eigenvalue weighted by Crippen LogP contribution is 2.18. The third-order valence-electron chi connectivity index (χ3n) is 2.11. The van der Waals surface area contributed by atoms with Crippen LogP contribution >= 0.6 is 15.9 Å². The second kappa shape index (κ2) is 6.22. The number of halogens is 1. The molecule has 0 amide bonds. The SMILES string of the molecule is C=C(CNC(C)(C)C)COc1cccc(Br)c1. The highest BCUT2D eigenvalue weighted by atomic mass is 79.9. The van der Waals surface area contributed by atoms with Gasteiger partial charge in [0.25, 0.3) is 0 Å². The molecular formula is C14H20BrNO. The Morgan fingerprint density at radius 1 is 1.41 bits per heavy atom. The van der Waals surface area contributed by atoms with Gasteiger partial charge in [-0.15, -0.1) is 0 Å². The maximum atomic E-state index is 5.64. The molecule has 94 valence electrons. The van der Waals surface area contributed by atoms with Crippen LogP contribution in [0, 0.1) is 0 Å². The highest BCUT2D eigenvalue weighted by Gasteiger charge is 2.08. The van der Waals surface area contributed by atoms with Gasteiger partial charge in [-0.2, -0.15) is 0 Å². The fourth-order valence-corrected chi connectivity index (χ4v) is 1.56. The molecule has 0 aliphatic rings. The van der Waals surface area contributed by atoms with Gasteiger partial charge in [-0.3, -0.25) is 0 Å². The monoisotopic (exact) mass is 297 g/mol. The zero-order valence-electron chi connectivity index (χ0n) is 10.7. The molecule has 3 heteroatoms. The minimum absolute atomic E-state index is 0.110. The first-order chi connectivity index (χ1) is 7.87. The molecule has 2 nitrogen and oxygen atoms in total. The van der Waals surface area contributed by atoms with Gasteiger partial charge in [0.05, 0.1) is 0 Å². The molecule has 0 bridgehead atoms. The minimum atomic E-state index is 0.110. The van der Waals surface area contributed by atoms with Crippen molar-refractivity contribution in [2.45, 2.75) is 26.3 Å². The number of rotatable bonds is 5. The van der Waals surface area contributed by atoms with Crippen molar-refractivity contribution in [2.24, 2.45) is 0 Å². The van der Waals surface area contributed by atoms with Gasteiger partial charge in [0.1, 0.15) is 12.4 Å². The molecule has 1 N–H and O–H groups in total. The lowest BCUT2D eigenvalue weighted by Gasteiger charge is -2.21. The van der Waals surface area contributed by atoms with E-state index in [2.05, 4.69) is 48.6 Å². The van der Waals surface area contributed by atoms with Crippen LogP contribution in [0.1, 0.15) is 20.8 Å². The summed E-state index contributed by atoms with van der Waals surface area (Å²) in [5.74, 6) is 0.858. The molecule has 1 rings (SSSR count). The van der Waals surface area contributed by atoms with Crippen LogP contribution in [-0.4, -0.2) is 18.7 Å². The highest BCUT2D eigenvalue weighted by molar-refractivity contribution is 9.10. The van der Waals surface area contributed by atoms with E-state index in [4.69, 9.17) is 4.74 Å². The van der Waals surface area contributed by atoms with E-state index in [1.165, 1.54) is 0 Å². The second-order valence-electron chi connectivity index (χ2n) is 5.10. The fourth-order valence-electron chi connectivity index (χ4n) is 1.18. The van der Waals surface area contributed by atoms with Crippen molar-refractivity contribution in [1.82, 2.24) is 5.32 Å². The average Bonchev–Trinajstić information content (AvgIpc) is 2.23. The first-order valence-corrected chi connectivity index (χ1v) is 6.46. The Labute approximate surface area is 112 Å². The summed E-state index contributed by atoms with van der Waals surface area (Å²) in [6.07, 6.45) is 0. The van der Waals surface area contributed by atoms with Crippen molar-refractivity contribution < 1.29 is 4.74 Å². The van der Waals surface area contributed by atoms with Crippen molar-refractivity contribution in [1.29, 1.82) is 0 Å². The molecule has 0 fully saturated rings. The molecule has 1 aromatic rings. The lowest BCUT2D eigenvalue weighted by Crippen LogP contribution is -2.37. The normalized spacial score (nSPS) is 11.3. The average molecular weight is 298 g/mol. The maximum absolute atomic E-state index is 5.64. The number of nitrogens with one attached hydrogen (secondary N) is 1. The number of benzene rings is 1. The van der Waals surface area contributed by atoms with E-state index in [9.17, 15) is 0 Å². The molecule has 0 atom stereocenters. The molecule has 0 saturated heterocycles. The quantitative estimate of drug-likeness (QED) is 0.835. The third-order valence-corrected chi connectivity index (χ3v) is 2.60. The van der Waals surface area contributed by atoms with Gasteiger partial charge >= 0.3 is 0 Å². The maximum Gasteiger partial charge on any atom is 0.120 e. The second-order valence-corrected chi connectivity index (χ2v) is 6.02. The molecule has 1 aromatic carbocycles. The molecule has 0 spiro atoms. The predicted octanol–water partition coefficient (Wildman–Crippen LogP) is 3.77. The minimum Gasteiger partial charge on any atom is -0.489 e. The van der Waals surface area contributed by atoms with Gasteiger partial charge in [-0.25, -0.2) is 0 Å². The summed E-state index contributed by atoms with van der Waals surface area (Å²) in [7, 11) is 0. The number of hydrogen-bond acceptors (Lipinski definition) is 2. The van der Waals surface area contributed by atoms with Crippen molar-refractivity contribution in [2.75, 3.05) is 13.2 Å². The standard InChI is InChI=1S/C14H20BrNO/c1-11(9-16-14(2,3)4)10-17-13-7-5-6-12(15)8-13/h5-8,16H,1,9-10H2,2-4H3. The van der Waals surface area contributed by atoms with E-state index in [0.717, 1.165) is 22.3 Å². The number of hydrogen-bond donors (Lipinski definition) is 1. The zero-order valence-corrected chi connectivity index (χ0v) is 12.3. The van der Waals surface area contributed by atoms with Crippen molar-refractivity contribution >= 4 is 15.9 Å². The summed E-state index contributed by atoms with van der Waals surface area (Å²) >= 11 is 3.41.